The summed E-state index contributed by atoms with van der Waals surface area (Å²) in [6.07, 6.45) is 0. The Kier molecular flexibility index (Phi) is 9.27. The molecule has 0 saturated heterocycles. The largest absolute Gasteiger partial charge is 0.478 e. The first-order valence-electron chi connectivity index (χ1n) is 10.1. The molecular formula is C23H15Cl4N3O6S. The summed E-state index contributed by atoms with van der Waals surface area (Å²) in [6, 6.07) is 10.5. The topological polar surface area (TPSA) is 139 Å². The van der Waals surface area contributed by atoms with Crippen molar-refractivity contribution in [2.45, 2.75) is 11.8 Å². The molecule has 9 nitrogen and oxygen atoms in total. The maximum absolute atomic E-state index is 12.8. The number of benzene rings is 3. The molecule has 3 N–H and O–H groups in total. The third kappa shape index (κ3) is 6.65. The Balaban J connectivity index is 1.67. The second-order valence-corrected chi connectivity index (χ2v) is 9.94. The zero-order valence-corrected chi connectivity index (χ0v) is 22.4. The van der Waals surface area contributed by atoms with E-state index < -0.39 is 32.9 Å². The fourth-order valence-corrected chi connectivity index (χ4v) is 4.78. The van der Waals surface area contributed by atoms with Crippen LogP contribution >= 0.6 is 58.2 Å². The van der Waals surface area contributed by atoms with Crippen LogP contribution in [0.3, 0.4) is 0 Å². The maximum Gasteiger partial charge on any atom is 0.338 e. The molecule has 37 heavy (non-hydrogen) atoms. The number of carboxylic acids is 1. The summed E-state index contributed by atoms with van der Waals surface area (Å²) in [7, 11) is 0. The predicted octanol–water partition coefficient (Wildman–Crippen LogP) is 7.20. The number of halogens is 4. The number of rotatable bonds is 8. The molecular weight excluding hydrogens is 588 g/mol. The monoisotopic (exact) mass is 601 g/mol. The second kappa shape index (κ2) is 12.0. The van der Waals surface area contributed by atoms with E-state index in [9.17, 15) is 29.6 Å². The van der Waals surface area contributed by atoms with Crippen molar-refractivity contribution in [3.8, 4) is 0 Å². The minimum atomic E-state index is -1.51. The van der Waals surface area contributed by atoms with Gasteiger partial charge in [-0.3, -0.25) is 19.7 Å². The molecule has 0 unspecified atom stereocenters. The first-order chi connectivity index (χ1) is 17.4. The van der Waals surface area contributed by atoms with Crippen molar-refractivity contribution in [2.75, 3.05) is 16.4 Å². The summed E-state index contributed by atoms with van der Waals surface area (Å²) in [5.74, 6) is -2.72. The smallest absolute Gasteiger partial charge is 0.338 e. The predicted molar refractivity (Wildman–Crippen MR) is 145 cm³/mol. The van der Waals surface area contributed by atoms with E-state index in [1.807, 2.05) is 0 Å². The van der Waals surface area contributed by atoms with Gasteiger partial charge < -0.3 is 15.7 Å². The Labute approximate surface area is 234 Å². The summed E-state index contributed by atoms with van der Waals surface area (Å²) in [4.78, 5) is 47.9. The van der Waals surface area contributed by atoms with Crippen molar-refractivity contribution >= 4 is 93.0 Å². The van der Waals surface area contributed by atoms with Gasteiger partial charge in [0, 0.05) is 22.7 Å². The van der Waals surface area contributed by atoms with E-state index in [1.54, 1.807) is 25.1 Å². The van der Waals surface area contributed by atoms with Crippen LogP contribution in [0.4, 0.5) is 17.1 Å². The lowest BCUT2D eigenvalue weighted by molar-refractivity contribution is -0.384. The van der Waals surface area contributed by atoms with Crippen molar-refractivity contribution in [1.82, 2.24) is 0 Å². The average Bonchev–Trinajstić information content (AvgIpc) is 2.85. The van der Waals surface area contributed by atoms with Gasteiger partial charge in [0.2, 0.25) is 5.91 Å². The molecule has 0 radical (unpaired) electrons. The SMILES string of the molecule is Cc1ccc([N+](=O)[O-])cc1NC(=O)CSc1ccc(NC(=O)c2c(Cl)c(Cl)c(Cl)c(Cl)c2C(=O)O)cc1. The molecule has 0 aliphatic carbocycles. The summed E-state index contributed by atoms with van der Waals surface area (Å²) < 4.78 is 0. The summed E-state index contributed by atoms with van der Waals surface area (Å²) >= 11 is 25.2. The molecule has 0 spiro atoms. The maximum atomic E-state index is 12.8. The number of carboxylic acid groups (broad SMARTS) is 1. The highest BCUT2D eigenvalue weighted by Crippen LogP contribution is 2.41. The first kappa shape index (κ1) is 28.5. The quantitative estimate of drug-likeness (QED) is 0.0814. The van der Waals surface area contributed by atoms with Crippen LogP contribution in [0.2, 0.25) is 20.1 Å². The standard InChI is InChI=1S/C23H15Cl4N3O6S/c1-10-2-5-12(30(35)36)8-14(10)29-15(31)9-37-13-6-3-11(4-7-13)28-22(32)16-17(23(33)34)19(25)21(27)20(26)18(16)24/h2-8H,9H2,1H3,(H,28,32)(H,29,31)(H,33,34). The molecule has 14 heteroatoms. The molecule has 0 aromatic heterocycles. The highest BCUT2D eigenvalue weighted by Gasteiger charge is 2.29. The zero-order valence-electron chi connectivity index (χ0n) is 18.6. The Morgan fingerprint density at radius 3 is 2.08 bits per heavy atom. The summed E-state index contributed by atoms with van der Waals surface area (Å²) in [6.45, 7) is 1.72. The Morgan fingerprint density at radius 1 is 0.919 bits per heavy atom. The lowest BCUT2D eigenvalue weighted by Crippen LogP contribution is -2.18. The second-order valence-electron chi connectivity index (χ2n) is 7.38. The van der Waals surface area contributed by atoms with Crippen molar-refractivity contribution < 1.29 is 24.4 Å². The Hall–Kier alpha value is -3.02. The van der Waals surface area contributed by atoms with Gasteiger partial charge in [-0.05, 0) is 36.8 Å². The van der Waals surface area contributed by atoms with Crippen LogP contribution in [0, 0.1) is 17.0 Å². The number of aryl methyl sites for hydroxylation is 1. The minimum Gasteiger partial charge on any atom is -0.478 e. The van der Waals surface area contributed by atoms with Gasteiger partial charge in [0.25, 0.3) is 11.6 Å². The number of carbonyl (C=O) groups excluding carboxylic acids is 2. The molecule has 0 bridgehead atoms. The lowest BCUT2D eigenvalue weighted by Gasteiger charge is -2.14. The normalized spacial score (nSPS) is 10.6. The van der Waals surface area contributed by atoms with Crippen LogP contribution in [0.25, 0.3) is 0 Å². The number of non-ortho nitro benzene ring substituents is 1. The van der Waals surface area contributed by atoms with Crippen LogP contribution in [0.15, 0.2) is 47.4 Å². The minimum absolute atomic E-state index is 0.0210. The van der Waals surface area contributed by atoms with Gasteiger partial charge in [0.05, 0.1) is 47.6 Å². The number of nitrogens with zero attached hydrogens (tertiary/aromatic N) is 1. The molecule has 3 rings (SSSR count). The number of thioether (sulfide) groups is 1. The van der Waals surface area contributed by atoms with E-state index in [0.717, 1.165) is 0 Å². The van der Waals surface area contributed by atoms with E-state index in [4.69, 9.17) is 46.4 Å². The van der Waals surface area contributed by atoms with Gasteiger partial charge >= 0.3 is 5.97 Å². The molecule has 0 fully saturated rings. The fraction of sp³-hybridized carbons (Fsp3) is 0.0870. The van der Waals surface area contributed by atoms with Crippen molar-refractivity contribution in [2.24, 2.45) is 0 Å². The number of aromatic carboxylic acids is 1. The molecule has 0 aliphatic heterocycles. The molecule has 0 aliphatic rings. The van der Waals surface area contributed by atoms with Gasteiger partial charge in [-0.2, -0.15) is 0 Å². The molecule has 0 saturated carbocycles. The molecule has 0 atom stereocenters. The average molecular weight is 603 g/mol. The summed E-state index contributed by atoms with van der Waals surface area (Å²) in [5, 5.41) is 24.3. The van der Waals surface area contributed by atoms with Crippen molar-refractivity contribution in [3.05, 3.63) is 89.4 Å². The van der Waals surface area contributed by atoms with Crippen LogP contribution in [0.5, 0.6) is 0 Å². The van der Waals surface area contributed by atoms with Gasteiger partial charge in [0.15, 0.2) is 0 Å². The number of hydrogen-bond donors (Lipinski definition) is 3. The van der Waals surface area contributed by atoms with E-state index >= 15 is 0 Å². The Morgan fingerprint density at radius 2 is 1.51 bits per heavy atom. The molecule has 192 valence electrons. The fourth-order valence-electron chi connectivity index (χ4n) is 3.07. The van der Waals surface area contributed by atoms with Gasteiger partial charge in [-0.25, -0.2) is 4.79 Å². The summed E-state index contributed by atoms with van der Waals surface area (Å²) in [5.41, 5.74) is 0.167. The number of carbonyl (C=O) groups is 3. The third-order valence-electron chi connectivity index (χ3n) is 4.90. The van der Waals surface area contributed by atoms with Crippen LogP contribution in [0.1, 0.15) is 26.3 Å². The van der Waals surface area contributed by atoms with Gasteiger partial charge in [0.1, 0.15) is 0 Å². The van der Waals surface area contributed by atoms with Crippen LogP contribution in [-0.2, 0) is 4.79 Å². The lowest BCUT2D eigenvalue weighted by atomic mass is 10.1. The molecule has 2 amide bonds. The number of nitro groups is 1. The van der Waals surface area contributed by atoms with E-state index in [1.165, 1.54) is 36.0 Å². The number of hydrogen-bond acceptors (Lipinski definition) is 6. The van der Waals surface area contributed by atoms with Crippen molar-refractivity contribution in [3.63, 3.8) is 0 Å². The molecule has 3 aromatic rings. The number of nitro benzene ring substituents is 1. The van der Waals surface area contributed by atoms with E-state index in [-0.39, 0.29) is 32.4 Å². The first-order valence-corrected chi connectivity index (χ1v) is 12.6. The van der Waals surface area contributed by atoms with E-state index in [0.29, 0.717) is 21.8 Å². The Bertz CT molecular complexity index is 1430. The third-order valence-corrected chi connectivity index (χ3v) is 7.71. The molecule has 3 aromatic carbocycles. The van der Waals surface area contributed by atoms with E-state index in [2.05, 4.69) is 10.6 Å². The van der Waals surface area contributed by atoms with Gasteiger partial charge in [-0.15, -0.1) is 11.8 Å². The molecule has 0 heterocycles. The van der Waals surface area contributed by atoms with Crippen LogP contribution < -0.4 is 10.6 Å². The highest BCUT2D eigenvalue weighted by molar-refractivity contribution is 8.00. The zero-order chi connectivity index (χ0) is 27.4. The number of anilines is 2. The highest BCUT2D eigenvalue weighted by atomic mass is 35.5. The number of amides is 2. The van der Waals surface area contributed by atoms with Crippen LogP contribution in [-0.4, -0.2) is 33.6 Å². The van der Waals surface area contributed by atoms with Gasteiger partial charge in [-0.1, -0.05) is 52.5 Å². The van der Waals surface area contributed by atoms with Crippen molar-refractivity contribution in [1.29, 1.82) is 0 Å². The number of nitrogens with one attached hydrogen (secondary N) is 2.